The molecule has 2 N–H and O–H groups in total. The summed E-state index contributed by atoms with van der Waals surface area (Å²) in [7, 11) is 1.74. The van der Waals surface area contributed by atoms with Gasteiger partial charge in [-0.2, -0.15) is 0 Å². The minimum Gasteiger partial charge on any atom is -0.383 e. The van der Waals surface area contributed by atoms with Crippen molar-refractivity contribution in [1.29, 1.82) is 0 Å². The van der Waals surface area contributed by atoms with Crippen molar-refractivity contribution in [3.8, 4) is 0 Å². The molecule has 5 heteroatoms. The number of hydrogen-bond acceptors (Lipinski definition) is 4. The highest BCUT2D eigenvalue weighted by Gasteiger charge is 2.23. The van der Waals surface area contributed by atoms with Gasteiger partial charge in [0.1, 0.15) is 0 Å². The number of rotatable bonds is 6. The van der Waals surface area contributed by atoms with Crippen LogP contribution in [0.2, 0.25) is 0 Å². The van der Waals surface area contributed by atoms with Gasteiger partial charge in [0.2, 0.25) is 5.91 Å². The number of ether oxygens (including phenoxy) is 1. The summed E-state index contributed by atoms with van der Waals surface area (Å²) in [6.45, 7) is 8.01. The third kappa shape index (κ3) is 4.52. The van der Waals surface area contributed by atoms with Gasteiger partial charge in [0.15, 0.2) is 0 Å². The molecule has 1 aliphatic rings. The lowest BCUT2D eigenvalue weighted by molar-refractivity contribution is 0.0557. The molecule has 21 heavy (non-hydrogen) atoms. The van der Waals surface area contributed by atoms with Crippen LogP contribution in [0.3, 0.4) is 0 Å². The number of nitrogens with zero attached hydrogens (tertiary/aromatic N) is 2. The second-order valence-electron chi connectivity index (χ2n) is 5.68. The Kier molecular flexibility index (Phi) is 5.73. The Balaban J connectivity index is 1.90. The maximum atomic E-state index is 11.2. The molecule has 1 atom stereocenters. The molecule has 1 aliphatic heterocycles. The minimum atomic E-state index is -0.366. The number of primary amides is 1. The highest BCUT2D eigenvalue weighted by molar-refractivity contribution is 5.92. The van der Waals surface area contributed by atoms with E-state index in [1.165, 1.54) is 0 Å². The monoisotopic (exact) mass is 291 g/mol. The Bertz CT molecular complexity index is 478. The van der Waals surface area contributed by atoms with Crippen molar-refractivity contribution in [2.24, 2.45) is 5.73 Å². The van der Waals surface area contributed by atoms with E-state index in [0.717, 1.165) is 44.9 Å². The van der Waals surface area contributed by atoms with Gasteiger partial charge in [-0.25, -0.2) is 0 Å². The molecule has 1 amide bonds. The number of amides is 1. The van der Waals surface area contributed by atoms with Crippen molar-refractivity contribution in [1.82, 2.24) is 9.80 Å². The molecule has 1 aromatic rings. The zero-order chi connectivity index (χ0) is 15.2. The van der Waals surface area contributed by atoms with Crippen LogP contribution >= 0.6 is 0 Å². The average molecular weight is 291 g/mol. The standard InChI is InChI=1S/C16H25N3O2/c1-13-11-18(6-7-19(13)8-9-21-2)12-14-4-3-5-15(10-14)16(17)20/h3-5,10,13H,6-9,11-12H2,1-2H3,(H2,17,20)/t13-/m0/s1. The van der Waals surface area contributed by atoms with E-state index in [2.05, 4.69) is 22.8 Å². The molecule has 5 nitrogen and oxygen atoms in total. The Hall–Kier alpha value is -1.43. The van der Waals surface area contributed by atoms with Gasteiger partial charge >= 0.3 is 0 Å². The summed E-state index contributed by atoms with van der Waals surface area (Å²) in [5, 5.41) is 0. The molecule has 1 aromatic carbocycles. The molecular formula is C16H25N3O2. The van der Waals surface area contributed by atoms with E-state index in [1.54, 1.807) is 13.2 Å². The molecule has 0 aromatic heterocycles. The summed E-state index contributed by atoms with van der Waals surface area (Å²) in [6.07, 6.45) is 0. The Labute approximate surface area is 126 Å². The first-order valence-corrected chi connectivity index (χ1v) is 7.44. The molecule has 116 valence electrons. The Morgan fingerprint density at radius 3 is 2.90 bits per heavy atom. The van der Waals surface area contributed by atoms with E-state index >= 15 is 0 Å². The molecule has 1 fully saturated rings. The van der Waals surface area contributed by atoms with E-state index in [9.17, 15) is 4.79 Å². The fraction of sp³-hybridized carbons (Fsp3) is 0.562. The van der Waals surface area contributed by atoms with Crippen LogP contribution < -0.4 is 5.73 Å². The molecule has 2 rings (SSSR count). The number of benzene rings is 1. The summed E-state index contributed by atoms with van der Waals surface area (Å²) < 4.78 is 5.15. The van der Waals surface area contributed by atoms with Crippen molar-refractivity contribution in [2.45, 2.75) is 19.5 Å². The normalized spacial score (nSPS) is 20.6. The number of nitrogens with two attached hydrogens (primary N) is 1. The lowest BCUT2D eigenvalue weighted by Gasteiger charge is -2.39. The van der Waals surface area contributed by atoms with E-state index < -0.39 is 0 Å². The predicted octanol–water partition coefficient (Wildman–Crippen LogP) is 0.938. The number of carbonyl (C=O) groups is 1. The predicted molar refractivity (Wildman–Crippen MR) is 83.1 cm³/mol. The first kappa shape index (κ1) is 15.9. The Morgan fingerprint density at radius 1 is 1.43 bits per heavy atom. The molecule has 1 saturated heterocycles. The van der Waals surface area contributed by atoms with Crippen LogP contribution in [-0.4, -0.2) is 61.6 Å². The van der Waals surface area contributed by atoms with E-state index in [0.29, 0.717) is 11.6 Å². The molecule has 0 spiro atoms. The largest absolute Gasteiger partial charge is 0.383 e. The molecule has 1 heterocycles. The van der Waals surface area contributed by atoms with Crippen LogP contribution in [-0.2, 0) is 11.3 Å². The Morgan fingerprint density at radius 2 is 2.24 bits per heavy atom. The van der Waals surface area contributed by atoms with Crippen LogP contribution in [0, 0.1) is 0 Å². The summed E-state index contributed by atoms with van der Waals surface area (Å²) >= 11 is 0. The van der Waals surface area contributed by atoms with Crippen molar-refractivity contribution in [2.75, 3.05) is 39.9 Å². The van der Waals surface area contributed by atoms with Crippen molar-refractivity contribution >= 4 is 5.91 Å². The maximum Gasteiger partial charge on any atom is 0.248 e. The smallest absolute Gasteiger partial charge is 0.248 e. The maximum absolute atomic E-state index is 11.2. The number of carbonyl (C=O) groups excluding carboxylic acids is 1. The van der Waals surface area contributed by atoms with E-state index in [1.807, 2.05) is 12.1 Å². The summed E-state index contributed by atoms with van der Waals surface area (Å²) in [5.74, 6) is -0.366. The fourth-order valence-corrected chi connectivity index (χ4v) is 2.84. The summed E-state index contributed by atoms with van der Waals surface area (Å²) in [5.41, 5.74) is 7.06. The van der Waals surface area contributed by atoms with Gasteiger partial charge in [0, 0.05) is 51.4 Å². The molecule has 0 saturated carbocycles. The number of hydrogen-bond donors (Lipinski definition) is 1. The van der Waals surface area contributed by atoms with Crippen molar-refractivity contribution in [3.05, 3.63) is 35.4 Å². The molecular weight excluding hydrogens is 266 g/mol. The first-order valence-electron chi connectivity index (χ1n) is 7.44. The highest BCUT2D eigenvalue weighted by atomic mass is 16.5. The third-order valence-corrected chi connectivity index (χ3v) is 4.05. The van der Waals surface area contributed by atoms with Crippen molar-refractivity contribution in [3.63, 3.8) is 0 Å². The van der Waals surface area contributed by atoms with Gasteiger partial charge in [0.25, 0.3) is 0 Å². The van der Waals surface area contributed by atoms with Gasteiger partial charge < -0.3 is 10.5 Å². The second kappa shape index (κ2) is 7.54. The SMILES string of the molecule is COCCN1CCN(Cc2cccc(C(N)=O)c2)C[C@@H]1C. The average Bonchev–Trinajstić information content (AvgIpc) is 2.47. The van der Waals surface area contributed by atoms with Crippen LogP contribution in [0.4, 0.5) is 0 Å². The van der Waals surface area contributed by atoms with Gasteiger partial charge in [-0.15, -0.1) is 0 Å². The van der Waals surface area contributed by atoms with Gasteiger partial charge in [-0.1, -0.05) is 12.1 Å². The summed E-state index contributed by atoms with van der Waals surface area (Å²) in [4.78, 5) is 16.1. The van der Waals surface area contributed by atoms with Crippen LogP contribution in [0.25, 0.3) is 0 Å². The van der Waals surface area contributed by atoms with Crippen molar-refractivity contribution < 1.29 is 9.53 Å². The lowest BCUT2D eigenvalue weighted by atomic mass is 10.1. The van der Waals surface area contributed by atoms with Gasteiger partial charge in [0.05, 0.1) is 6.61 Å². The molecule has 0 bridgehead atoms. The molecule has 0 radical (unpaired) electrons. The third-order valence-electron chi connectivity index (χ3n) is 4.05. The lowest BCUT2D eigenvalue weighted by Crippen LogP contribution is -2.52. The number of piperazine rings is 1. The van der Waals surface area contributed by atoms with E-state index in [4.69, 9.17) is 10.5 Å². The van der Waals surface area contributed by atoms with Gasteiger partial charge in [-0.3, -0.25) is 14.6 Å². The quantitative estimate of drug-likeness (QED) is 0.847. The van der Waals surface area contributed by atoms with Crippen LogP contribution in [0.5, 0.6) is 0 Å². The fourth-order valence-electron chi connectivity index (χ4n) is 2.84. The second-order valence-corrected chi connectivity index (χ2v) is 5.68. The zero-order valence-corrected chi connectivity index (χ0v) is 12.9. The van der Waals surface area contributed by atoms with Crippen LogP contribution in [0.15, 0.2) is 24.3 Å². The molecule has 0 aliphatic carbocycles. The van der Waals surface area contributed by atoms with Gasteiger partial charge in [-0.05, 0) is 24.6 Å². The topological polar surface area (TPSA) is 58.8 Å². The highest BCUT2D eigenvalue weighted by Crippen LogP contribution is 2.14. The first-order chi connectivity index (χ1) is 10.1. The summed E-state index contributed by atoms with van der Waals surface area (Å²) in [6, 6.07) is 8.12. The van der Waals surface area contributed by atoms with Crippen LogP contribution in [0.1, 0.15) is 22.8 Å². The van der Waals surface area contributed by atoms with E-state index in [-0.39, 0.29) is 5.91 Å². The number of methoxy groups -OCH3 is 1. The zero-order valence-electron chi connectivity index (χ0n) is 12.9. The molecule has 0 unspecified atom stereocenters. The minimum absolute atomic E-state index is 0.366.